The third-order valence-electron chi connectivity index (χ3n) is 3.51. The first-order valence-corrected chi connectivity index (χ1v) is 7.55. The van der Waals surface area contributed by atoms with E-state index in [1.807, 2.05) is 0 Å². The lowest BCUT2D eigenvalue weighted by atomic mass is 10.2. The molecular formula is C17H12F3NO6. The van der Waals surface area contributed by atoms with Gasteiger partial charge in [-0.15, -0.1) is 0 Å². The van der Waals surface area contributed by atoms with Crippen LogP contribution in [-0.4, -0.2) is 17.7 Å². The van der Waals surface area contributed by atoms with Crippen molar-refractivity contribution < 1.29 is 36.7 Å². The Morgan fingerprint density at radius 3 is 2.26 bits per heavy atom. The summed E-state index contributed by atoms with van der Waals surface area (Å²) in [6, 6.07) is 4.05. The maximum absolute atomic E-state index is 12.7. The number of carbonyl (C=O) groups excluding carboxylic acids is 2. The first-order valence-electron chi connectivity index (χ1n) is 7.55. The topological polar surface area (TPSA) is 94.8 Å². The summed E-state index contributed by atoms with van der Waals surface area (Å²) < 4.78 is 52.6. The molecule has 0 atom stereocenters. The third kappa shape index (κ3) is 3.78. The van der Waals surface area contributed by atoms with Crippen molar-refractivity contribution in [3.8, 4) is 0 Å². The molecule has 0 saturated carbocycles. The van der Waals surface area contributed by atoms with Gasteiger partial charge in [-0.1, -0.05) is 0 Å². The second kappa shape index (κ2) is 6.15. The van der Waals surface area contributed by atoms with Gasteiger partial charge in [0, 0.05) is 31.8 Å². The number of fused-ring (bicyclic) bond motifs is 1. The Morgan fingerprint density at radius 1 is 1.04 bits per heavy atom. The number of hydrogen-bond donors (Lipinski definition) is 1. The fraction of sp³-hybridized carbons (Fsp3) is 0.235. The second-order valence-electron chi connectivity index (χ2n) is 6.06. The fourth-order valence-corrected chi connectivity index (χ4v) is 2.32. The average Bonchev–Trinajstić information content (AvgIpc) is 2.52. The monoisotopic (exact) mass is 383 g/mol. The largest absolute Gasteiger partial charge is 0.451 e. The van der Waals surface area contributed by atoms with Gasteiger partial charge in [0.05, 0.1) is 5.39 Å². The van der Waals surface area contributed by atoms with E-state index in [9.17, 15) is 27.6 Å². The van der Waals surface area contributed by atoms with Gasteiger partial charge in [0.25, 0.3) is 5.79 Å². The van der Waals surface area contributed by atoms with Gasteiger partial charge < -0.3 is 19.2 Å². The zero-order chi connectivity index (χ0) is 20.0. The van der Waals surface area contributed by atoms with Gasteiger partial charge in [0.2, 0.25) is 5.76 Å². The molecule has 0 unspecified atom stereocenters. The number of cyclic esters (lactones) is 2. The van der Waals surface area contributed by atoms with Crippen LogP contribution in [0.15, 0.2) is 45.3 Å². The zero-order valence-electron chi connectivity index (χ0n) is 14.0. The van der Waals surface area contributed by atoms with Crippen molar-refractivity contribution in [2.75, 3.05) is 5.32 Å². The molecule has 10 heteroatoms. The van der Waals surface area contributed by atoms with E-state index in [1.165, 1.54) is 26.0 Å². The quantitative estimate of drug-likeness (QED) is 0.484. The molecule has 2 aromatic rings. The molecule has 2 heterocycles. The Balaban J connectivity index is 1.91. The lowest BCUT2D eigenvalue weighted by Gasteiger charge is -2.29. The SMILES string of the molecule is CC1(C)OC(=O)C(=CNc2ccc3oc(C(F)(F)F)cc(=O)c3c2)C(=O)O1. The standard InChI is InChI=1S/C17H12F3NO6/c1-16(2)26-14(23)10(15(24)27-16)7-21-8-3-4-12-9(5-8)11(22)6-13(25-12)17(18,19)20/h3-7,21H,1-2H3. The second-order valence-corrected chi connectivity index (χ2v) is 6.06. The van der Waals surface area contributed by atoms with Crippen LogP contribution in [-0.2, 0) is 25.2 Å². The van der Waals surface area contributed by atoms with E-state index in [4.69, 9.17) is 13.9 Å². The van der Waals surface area contributed by atoms with Gasteiger partial charge in [-0.3, -0.25) is 4.79 Å². The van der Waals surface area contributed by atoms with Gasteiger partial charge in [0.1, 0.15) is 5.58 Å². The van der Waals surface area contributed by atoms with Gasteiger partial charge >= 0.3 is 18.1 Å². The number of esters is 2. The Kier molecular flexibility index (Phi) is 4.21. The Hall–Kier alpha value is -3.30. The number of halogens is 3. The minimum Gasteiger partial charge on any atom is -0.451 e. The summed E-state index contributed by atoms with van der Waals surface area (Å²) in [6.45, 7) is 2.79. The van der Waals surface area contributed by atoms with Crippen molar-refractivity contribution in [1.29, 1.82) is 0 Å². The molecule has 1 aromatic heterocycles. The van der Waals surface area contributed by atoms with Crippen LogP contribution in [0.5, 0.6) is 0 Å². The lowest BCUT2D eigenvalue weighted by Crippen LogP contribution is -2.42. The molecule has 1 fully saturated rings. The summed E-state index contributed by atoms with van der Waals surface area (Å²) in [4.78, 5) is 35.6. The number of nitrogens with one attached hydrogen (secondary N) is 1. The minimum atomic E-state index is -4.79. The van der Waals surface area contributed by atoms with Crippen molar-refractivity contribution in [2.24, 2.45) is 0 Å². The van der Waals surface area contributed by atoms with Crippen LogP contribution < -0.4 is 10.7 Å². The normalized spacial score (nSPS) is 16.7. The Bertz CT molecular complexity index is 1010. The van der Waals surface area contributed by atoms with Crippen LogP contribution in [0.2, 0.25) is 0 Å². The van der Waals surface area contributed by atoms with E-state index in [-0.39, 0.29) is 16.7 Å². The molecular weight excluding hydrogens is 371 g/mol. The smallest absolute Gasteiger partial charge is 0.449 e. The molecule has 1 N–H and O–H groups in total. The van der Waals surface area contributed by atoms with Gasteiger partial charge in [-0.25, -0.2) is 9.59 Å². The van der Waals surface area contributed by atoms with E-state index >= 15 is 0 Å². The highest BCUT2D eigenvalue weighted by molar-refractivity contribution is 6.15. The maximum Gasteiger partial charge on any atom is 0.449 e. The molecule has 7 nitrogen and oxygen atoms in total. The molecule has 0 radical (unpaired) electrons. The molecule has 0 amide bonds. The highest BCUT2D eigenvalue weighted by Crippen LogP contribution is 2.30. The van der Waals surface area contributed by atoms with Crippen LogP contribution >= 0.6 is 0 Å². The zero-order valence-corrected chi connectivity index (χ0v) is 14.0. The van der Waals surface area contributed by atoms with E-state index in [0.29, 0.717) is 6.07 Å². The van der Waals surface area contributed by atoms with Crippen LogP contribution in [0.25, 0.3) is 11.0 Å². The first-order chi connectivity index (χ1) is 12.5. The molecule has 0 spiro atoms. The van der Waals surface area contributed by atoms with Crippen LogP contribution in [0.3, 0.4) is 0 Å². The summed E-state index contributed by atoms with van der Waals surface area (Å²) in [6.07, 6.45) is -3.77. The molecule has 1 aromatic carbocycles. The molecule has 1 saturated heterocycles. The van der Waals surface area contributed by atoms with Crippen molar-refractivity contribution in [3.63, 3.8) is 0 Å². The van der Waals surface area contributed by atoms with Crippen LogP contribution in [0.1, 0.15) is 19.6 Å². The molecule has 0 aliphatic carbocycles. The summed E-state index contributed by atoms with van der Waals surface area (Å²) in [5.41, 5.74) is -1.33. The van der Waals surface area contributed by atoms with E-state index in [2.05, 4.69) is 5.32 Å². The van der Waals surface area contributed by atoms with Crippen LogP contribution in [0, 0.1) is 0 Å². The van der Waals surface area contributed by atoms with Gasteiger partial charge in [-0.2, -0.15) is 13.2 Å². The number of hydrogen-bond acceptors (Lipinski definition) is 7. The molecule has 142 valence electrons. The number of ether oxygens (including phenoxy) is 2. The maximum atomic E-state index is 12.7. The molecule has 1 aliphatic heterocycles. The van der Waals surface area contributed by atoms with Crippen molar-refractivity contribution in [1.82, 2.24) is 0 Å². The minimum absolute atomic E-state index is 0.110. The third-order valence-corrected chi connectivity index (χ3v) is 3.51. The molecule has 27 heavy (non-hydrogen) atoms. The first kappa shape index (κ1) is 18.5. The molecule has 3 rings (SSSR count). The van der Waals surface area contributed by atoms with Gasteiger partial charge in [-0.05, 0) is 18.2 Å². The van der Waals surface area contributed by atoms with Crippen molar-refractivity contribution >= 4 is 28.6 Å². The highest BCUT2D eigenvalue weighted by atomic mass is 19.4. The van der Waals surface area contributed by atoms with E-state index in [1.54, 1.807) is 0 Å². The van der Waals surface area contributed by atoms with E-state index in [0.717, 1.165) is 12.3 Å². The van der Waals surface area contributed by atoms with Crippen molar-refractivity contribution in [3.05, 3.63) is 52.0 Å². The lowest BCUT2D eigenvalue weighted by molar-refractivity contribution is -0.222. The van der Waals surface area contributed by atoms with Crippen molar-refractivity contribution in [2.45, 2.75) is 25.8 Å². The number of carbonyl (C=O) groups is 2. The fourth-order valence-electron chi connectivity index (χ4n) is 2.32. The number of anilines is 1. The summed E-state index contributed by atoms with van der Waals surface area (Å²) in [5, 5.41) is 2.49. The molecule has 0 bridgehead atoms. The van der Waals surface area contributed by atoms with E-state index < -0.39 is 40.7 Å². The predicted molar refractivity (Wildman–Crippen MR) is 85.5 cm³/mol. The number of alkyl halides is 3. The van der Waals surface area contributed by atoms with Gasteiger partial charge in [0.15, 0.2) is 11.0 Å². The number of rotatable bonds is 2. The summed E-state index contributed by atoms with van der Waals surface area (Å²) in [5.74, 6) is -4.60. The number of benzene rings is 1. The highest BCUT2D eigenvalue weighted by Gasteiger charge is 2.39. The van der Waals surface area contributed by atoms with Crippen LogP contribution in [0.4, 0.5) is 18.9 Å². The Labute approximate surface area is 149 Å². The Morgan fingerprint density at radius 2 is 1.67 bits per heavy atom. The average molecular weight is 383 g/mol. The molecule has 1 aliphatic rings. The predicted octanol–water partition coefficient (Wildman–Crippen LogP) is 2.94. The summed E-state index contributed by atoms with van der Waals surface area (Å²) in [7, 11) is 0. The summed E-state index contributed by atoms with van der Waals surface area (Å²) >= 11 is 0.